The van der Waals surface area contributed by atoms with Crippen molar-refractivity contribution >= 4 is 17.9 Å². The molecule has 1 saturated heterocycles. The summed E-state index contributed by atoms with van der Waals surface area (Å²) in [5.41, 5.74) is -0.918. The highest BCUT2D eigenvalue weighted by Gasteiger charge is 2.53. The number of carbonyl (C=O) groups excluding carboxylic acids is 2. The number of rotatable bonds is 0. The van der Waals surface area contributed by atoms with Gasteiger partial charge in [-0.15, -0.1) is 5.10 Å². The Balaban J connectivity index is 2.23. The zero-order chi connectivity index (χ0) is 13.3. The molecule has 0 radical (unpaired) electrons. The number of hydrogen-bond acceptors (Lipinski definition) is 5. The molecule has 100 valence electrons. The van der Waals surface area contributed by atoms with Crippen molar-refractivity contribution in [3.63, 3.8) is 0 Å². The molecule has 0 saturated carbocycles. The molecule has 1 spiro atoms. The van der Waals surface area contributed by atoms with Gasteiger partial charge in [0.25, 0.3) is 5.91 Å². The Labute approximate surface area is 105 Å². The monoisotopic (exact) mass is 255 g/mol. The number of ether oxygens (including phenoxy) is 2. The maximum atomic E-state index is 12.2. The fraction of sp³-hybridized carbons (Fsp3) is 0.727. The molecule has 18 heavy (non-hydrogen) atoms. The van der Waals surface area contributed by atoms with Gasteiger partial charge >= 0.3 is 6.09 Å². The Kier molecular flexibility index (Phi) is 3.25. The number of hydrogen-bond donors (Lipinski definition) is 0. The predicted octanol–water partition coefficient (Wildman–Crippen LogP) is 0.267. The third-order valence-electron chi connectivity index (χ3n) is 3.14. The van der Waals surface area contributed by atoms with Crippen LogP contribution in [0.2, 0.25) is 0 Å². The average Bonchev–Trinajstić information content (AvgIpc) is 2.56. The minimum atomic E-state index is -0.918. The summed E-state index contributed by atoms with van der Waals surface area (Å²) in [7, 11) is 4.70. The van der Waals surface area contributed by atoms with Gasteiger partial charge in [0.1, 0.15) is 0 Å². The maximum Gasteiger partial charge on any atom is 0.415 e. The Morgan fingerprint density at radius 2 is 2.28 bits per heavy atom. The highest BCUT2D eigenvalue weighted by atomic mass is 16.6. The largest absolute Gasteiger partial charge is 0.415 e. The van der Waals surface area contributed by atoms with E-state index in [0.717, 1.165) is 6.42 Å². The lowest BCUT2D eigenvalue weighted by atomic mass is 9.82. The molecule has 2 aliphatic heterocycles. The van der Waals surface area contributed by atoms with Crippen molar-refractivity contribution in [2.45, 2.75) is 12.8 Å². The highest BCUT2D eigenvalue weighted by Crippen LogP contribution is 2.37. The van der Waals surface area contributed by atoms with Crippen LogP contribution in [-0.4, -0.2) is 62.2 Å². The minimum Gasteiger partial charge on any atom is -0.392 e. The quantitative estimate of drug-likeness (QED) is 0.622. The van der Waals surface area contributed by atoms with E-state index in [-0.39, 0.29) is 18.4 Å². The van der Waals surface area contributed by atoms with E-state index in [9.17, 15) is 9.59 Å². The van der Waals surface area contributed by atoms with Gasteiger partial charge in [-0.3, -0.25) is 4.79 Å². The number of amides is 2. The van der Waals surface area contributed by atoms with Crippen LogP contribution in [0.25, 0.3) is 0 Å². The normalized spacial score (nSPS) is 27.4. The van der Waals surface area contributed by atoms with E-state index in [1.54, 1.807) is 21.1 Å². The van der Waals surface area contributed by atoms with Gasteiger partial charge in [0.2, 0.25) is 5.90 Å². The number of hydrazone groups is 1. The first-order valence-corrected chi connectivity index (χ1v) is 5.81. The smallest absolute Gasteiger partial charge is 0.392 e. The molecule has 1 fully saturated rings. The summed E-state index contributed by atoms with van der Waals surface area (Å²) >= 11 is 0. The summed E-state index contributed by atoms with van der Waals surface area (Å²) in [6.45, 7) is 0.837. The highest BCUT2D eigenvalue weighted by molar-refractivity contribution is 6.11. The Hall–Kier alpha value is -1.63. The van der Waals surface area contributed by atoms with Crippen LogP contribution in [0.4, 0.5) is 4.79 Å². The van der Waals surface area contributed by atoms with E-state index in [1.807, 2.05) is 0 Å². The van der Waals surface area contributed by atoms with Crippen molar-refractivity contribution in [2.24, 2.45) is 10.5 Å². The first kappa shape index (κ1) is 12.8. The third-order valence-corrected chi connectivity index (χ3v) is 3.14. The van der Waals surface area contributed by atoms with Crippen LogP contribution in [0.5, 0.6) is 0 Å². The zero-order valence-corrected chi connectivity index (χ0v) is 10.8. The van der Waals surface area contributed by atoms with Gasteiger partial charge in [0.05, 0.1) is 6.61 Å². The van der Waals surface area contributed by atoms with Gasteiger partial charge in [-0.1, -0.05) is 0 Å². The molecule has 2 aliphatic rings. The summed E-state index contributed by atoms with van der Waals surface area (Å²) in [4.78, 5) is 25.1. The van der Waals surface area contributed by atoms with Crippen LogP contribution >= 0.6 is 0 Å². The van der Waals surface area contributed by atoms with Crippen molar-refractivity contribution in [3.8, 4) is 0 Å². The molecule has 0 bridgehead atoms. The molecular formula is C11H17N3O4. The van der Waals surface area contributed by atoms with E-state index < -0.39 is 11.5 Å². The van der Waals surface area contributed by atoms with Crippen LogP contribution < -0.4 is 0 Å². The standard InChI is InChI=1S/C11H17N3O4/c1-13(2)10(16)18-8-11(5-4-6-17-7-11)9(15)14(3)12-8/h4-7H2,1-3H3. The van der Waals surface area contributed by atoms with E-state index in [1.165, 1.54) is 9.91 Å². The van der Waals surface area contributed by atoms with Gasteiger partial charge in [-0.05, 0) is 12.8 Å². The molecule has 0 aromatic heterocycles. The van der Waals surface area contributed by atoms with Gasteiger partial charge in [-0.2, -0.15) is 0 Å². The topological polar surface area (TPSA) is 71.4 Å². The van der Waals surface area contributed by atoms with Crippen molar-refractivity contribution < 1.29 is 19.1 Å². The van der Waals surface area contributed by atoms with Crippen molar-refractivity contribution in [2.75, 3.05) is 34.4 Å². The lowest BCUT2D eigenvalue weighted by Gasteiger charge is -2.31. The predicted molar refractivity (Wildman–Crippen MR) is 62.9 cm³/mol. The second-order valence-electron chi connectivity index (χ2n) is 4.73. The summed E-state index contributed by atoms with van der Waals surface area (Å²) in [5.74, 6) is -0.0304. The van der Waals surface area contributed by atoms with E-state index in [2.05, 4.69) is 5.10 Å². The molecular weight excluding hydrogens is 238 g/mol. The van der Waals surface area contributed by atoms with Crippen LogP contribution in [0.15, 0.2) is 5.10 Å². The minimum absolute atomic E-state index is 0.147. The van der Waals surface area contributed by atoms with Crippen molar-refractivity contribution in [1.29, 1.82) is 0 Å². The third kappa shape index (κ3) is 1.94. The Morgan fingerprint density at radius 3 is 2.83 bits per heavy atom. The maximum absolute atomic E-state index is 12.2. The molecule has 1 atom stereocenters. The first-order chi connectivity index (χ1) is 8.47. The molecule has 1 unspecified atom stereocenters. The fourth-order valence-corrected chi connectivity index (χ4v) is 2.10. The summed E-state index contributed by atoms with van der Waals surface area (Å²) < 4.78 is 10.6. The molecule has 0 aromatic carbocycles. The lowest BCUT2D eigenvalue weighted by molar-refractivity contribution is -0.140. The Morgan fingerprint density at radius 1 is 1.56 bits per heavy atom. The average molecular weight is 255 g/mol. The fourth-order valence-electron chi connectivity index (χ4n) is 2.10. The lowest BCUT2D eigenvalue weighted by Crippen LogP contribution is -2.47. The Bertz CT molecular complexity index is 399. The number of carbonyl (C=O) groups is 2. The van der Waals surface area contributed by atoms with Crippen LogP contribution in [0.3, 0.4) is 0 Å². The van der Waals surface area contributed by atoms with Crippen LogP contribution in [0.1, 0.15) is 12.8 Å². The van der Waals surface area contributed by atoms with Crippen molar-refractivity contribution in [3.05, 3.63) is 0 Å². The zero-order valence-electron chi connectivity index (χ0n) is 10.8. The molecule has 2 rings (SSSR count). The van der Waals surface area contributed by atoms with E-state index in [4.69, 9.17) is 9.47 Å². The van der Waals surface area contributed by atoms with Gasteiger partial charge in [0.15, 0.2) is 5.41 Å². The second kappa shape index (κ2) is 4.56. The van der Waals surface area contributed by atoms with Gasteiger partial charge < -0.3 is 14.4 Å². The molecule has 0 aliphatic carbocycles. The van der Waals surface area contributed by atoms with Crippen LogP contribution in [0, 0.1) is 5.41 Å². The summed E-state index contributed by atoms with van der Waals surface area (Å²) in [6, 6.07) is 0. The molecule has 0 N–H and O–H groups in total. The number of nitrogens with zero attached hydrogens (tertiary/aromatic N) is 3. The molecule has 2 heterocycles. The van der Waals surface area contributed by atoms with E-state index in [0.29, 0.717) is 13.0 Å². The van der Waals surface area contributed by atoms with Crippen LogP contribution in [-0.2, 0) is 14.3 Å². The van der Waals surface area contributed by atoms with Gasteiger partial charge in [-0.25, -0.2) is 9.80 Å². The molecule has 7 heteroatoms. The first-order valence-electron chi connectivity index (χ1n) is 5.81. The summed E-state index contributed by atoms with van der Waals surface area (Å²) in [5, 5.41) is 5.23. The van der Waals surface area contributed by atoms with E-state index >= 15 is 0 Å². The molecule has 0 aromatic rings. The summed E-state index contributed by atoms with van der Waals surface area (Å²) in [6.07, 6.45) is 0.801. The van der Waals surface area contributed by atoms with Crippen molar-refractivity contribution in [1.82, 2.24) is 9.91 Å². The molecule has 7 nitrogen and oxygen atoms in total. The molecule has 2 amide bonds. The van der Waals surface area contributed by atoms with Gasteiger partial charge in [0, 0.05) is 27.7 Å². The SMILES string of the molecule is CN(C)C(=O)OC1=NN(C)C(=O)C12CCCOC2. The second-order valence-corrected chi connectivity index (χ2v) is 4.73.